The standard InChI is InChI=1S/C13H16N2O/c1-8-3-4-9(2)13-12(8)10(7-15-13)11(16)5-6-14/h3-4,7,15H,5-6,14H2,1-2H3. The third-order valence-corrected chi connectivity index (χ3v) is 2.92. The van der Waals surface area contributed by atoms with Crippen molar-refractivity contribution in [3.05, 3.63) is 35.0 Å². The highest BCUT2D eigenvalue weighted by atomic mass is 16.1. The fourth-order valence-electron chi connectivity index (χ4n) is 2.05. The first-order chi connectivity index (χ1) is 7.65. The normalized spacial score (nSPS) is 10.9. The topological polar surface area (TPSA) is 58.9 Å². The van der Waals surface area contributed by atoms with Crippen molar-refractivity contribution < 1.29 is 4.79 Å². The van der Waals surface area contributed by atoms with Gasteiger partial charge in [-0.25, -0.2) is 0 Å². The molecule has 0 amide bonds. The number of Topliss-reactive ketones (excluding diaryl/α,β-unsaturated/α-hetero) is 1. The minimum Gasteiger partial charge on any atom is -0.360 e. The van der Waals surface area contributed by atoms with Crippen molar-refractivity contribution in [1.82, 2.24) is 4.98 Å². The van der Waals surface area contributed by atoms with E-state index in [0.717, 1.165) is 27.6 Å². The van der Waals surface area contributed by atoms with E-state index in [4.69, 9.17) is 5.73 Å². The molecule has 0 saturated heterocycles. The summed E-state index contributed by atoms with van der Waals surface area (Å²) in [5.74, 6) is 0.113. The Bertz CT molecular complexity index is 540. The number of hydrogen-bond donors (Lipinski definition) is 2. The molecular weight excluding hydrogens is 200 g/mol. The van der Waals surface area contributed by atoms with Crippen molar-refractivity contribution in [1.29, 1.82) is 0 Å². The molecule has 1 aromatic heterocycles. The van der Waals surface area contributed by atoms with Crippen LogP contribution in [-0.2, 0) is 0 Å². The van der Waals surface area contributed by atoms with Crippen LogP contribution in [-0.4, -0.2) is 17.3 Å². The quantitative estimate of drug-likeness (QED) is 0.773. The number of carbonyl (C=O) groups is 1. The maximum absolute atomic E-state index is 11.9. The van der Waals surface area contributed by atoms with Crippen LogP contribution in [0.5, 0.6) is 0 Å². The second-order valence-corrected chi connectivity index (χ2v) is 4.11. The largest absolute Gasteiger partial charge is 0.360 e. The Morgan fingerprint density at radius 3 is 2.69 bits per heavy atom. The molecule has 16 heavy (non-hydrogen) atoms. The predicted molar refractivity (Wildman–Crippen MR) is 65.8 cm³/mol. The number of aryl methyl sites for hydroxylation is 2. The Kier molecular flexibility index (Phi) is 2.79. The predicted octanol–water partition coefficient (Wildman–Crippen LogP) is 2.32. The molecule has 2 aromatic rings. The van der Waals surface area contributed by atoms with E-state index in [1.807, 2.05) is 19.9 Å². The zero-order valence-corrected chi connectivity index (χ0v) is 9.63. The SMILES string of the molecule is Cc1ccc(C)c2c(C(=O)CCN)c[nH]c12. The maximum Gasteiger partial charge on any atom is 0.166 e. The van der Waals surface area contributed by atoms with Crippen molar-refractivity contribution >= 4 is 16.7 Å². The van der Waals surface area contributed by atoms with Gasteiger partial charge in [-0.3, -0.25) is 4.79 Å². The van der Waals surface area contributed by atoms with E-state index in [9.17, 15) is 4.79 Å². The molecule has 3 nitrogen and oxygen atoms in total. The molecule has 3 N–H and O–H groups in total. The number of hydrogen-bond acceptors (Lipinski definition) is 2. The van der Waals surface area contributed by atoms with Crippen LogP contribution in [0.4, 0.5) is 0 Å². The van der Waals surface area contributed by atoms with Gasteiger partial charge in [-0.2, -0.15) is 0 Å². The average molecular weight is 216 g/mol. The van der Waals surface area contributed by atoms with E-state index in [0.29, 0.717) is 13.0 Å². The van der Waals surface area contributed by atoms with Gasteiger partial charge in [0.05, 0.1) is 0 Å². The Labute approximate surface area is 94.6 Å². The van der Waals surface area contributed by atoms with Gasteiger partial charge in [0.25, 0.3) is 0 Å². The fraction of sp³-hybridized carbons (Fsp3) is 0.308. The van der Waals surface area contributed by atoms with Crippen molar-refractivity contribution in [3.8, 4) is 0 Å². The van der Waals surface area contributed by atoms with Gasteiger partial charge in [-0.15, -0.1) is 0 Å². The van der Waals surface area contributed by atoms with Gasteiger partial charge >= 0.3 is 0 Å². The van der Waals surface area contributed by atoms with E-state index in [1.54, 1.807) is 6.20 Å². The van der Waals surface area contributed by atoms with Crippen LogP contribution in [0.15, 0.2) is 18.3 Å². The van der Waals surface area contributed by atoms with Gasteiger partial charge in [-0.1, -0.05) is 12.1 Å². The van der Waals surface area contributed by atoms with Crippen LogP contribution in [0.3, 0.4) is 0 Å². The maximum atomic E-state index is 11.9. The smallest absolute Gasteiger partial charge is 0.166 e. The molecule has 1 aromatic carbocycles. The molecule has 0 aliphatic heterocycles. The van der Waals surface area contributed by atoms with Crippen molar-refractivity contribution in [2.24, 2.45) is 5.73 Å². The number of H-pyrrole nitrogens is 1. The highest BCUT2D eigenvalue weighted by Crippen LogP contribution is 2.25. The van der Waals surface area contributed by atoms with E-state index >= 15 is 0 Å². The fourth-order valence-corrected chi connectivity index (χ4v) is 2.05. The first kappa shape index (κ1) is 10.9. The van der Waals surface area contributed by atoms with Crippen LogP contribution in [0.25, 0.3) is 10.9 Å². The number of nitrogens with one attached hydrogen (secondary N) is 1. The molecule has 0 atom stereocenters. The Morgan fingerprint density at radius 1 is 1.31 bits per heavy atom. The summed E-state index contributed by atoms with van der Waals surface area (Å²) in [6.45, 7) is 4.46. The van der Waals surface area contributed by atoms with Crippen LogP contribution >= 0.6 is 0 Å². The number of fused-ring (bicyclic) bond motifs is 1. The lowest BCUT2D eigenvalue weighted by Crippen LogP contribution is -2.07. The van der Waals surface area contributed by atoms with Gasteiger partial charge in [-0.05, 0) is 31.5 Å². The van der Waals surface area contributed by atoms with Crippen molar-refractivity contribution in [2.75, 3.05) is 6.54 Å². The molecule has 0 unspecified atom stereocenters. The minimum absolute atomic E-state index is 0.113. The second-order valence-electron chi connectivity index (χ2n) is 4.11. The highest BCUT2D eigenvalue weighted by Gasteiger charge is 2.13. The summed E-state index contributed by atoms with van der Waals surface area (Å²) in [4.78, 5) is 15.1. The molecule has 0 bridgehead atoms. The molecule has 0 fully saturated rings. The molecule has 2 rings (SSSR count). The molecule has 84 valence electrons. The number of carbonyl (C=O) groups excluding carboxylic acids is 1. The van der Waals surface area contributed by atoms with Gasteiger partial charge in [0, 0.05) is 29.1 Å². The minimum atomic E-state index is 0.113. The number of aromatic nitrogens is 1. The van der Waals surface area contributed by atoms with Crippen LogP contribution < -0.4 is 5.73 Å². The Hall–Kier alpha value is -1.61. The Morgan fingerprint density at radius 2 is 2.00 bits per heavy atom. The third-order valence-electron chi connectivity index (χ3n) is 2.92. The lowest BCUT2D eigenvalue weighted by molar-refractivity contribution is 0.0987. The van der Waals surface area contributed by atoms with E-state index in [1.165, 1.54) is 0 Å². The summed E-state index contributed by atoms with van der Waals surface area (Å²) in [7, 11) is 0. The molecular formula is C13H16N2O. The number of rotatable bonds is 3. The summed E-state index contributed by atoms with van der Waals surface area (Å²) in [6, 6.07) is 4.11. The zero-order chi connectivity index (χ0) is 11.7. The molecule has 0 aliphatic rings. The lowest BCUT2D eigenvalue weighted by atomic mass is 10.0. The molecule has 0 aliphatic carbocycles. The van der Waals surface area contributed by atoms with Crippen molar-refractivity contribution in [2.45, 2.75) is 20.3 Å². The summed E-state index contributed by atoms with van der Waals surface area (Å²) in [6.07, 6.45) is 2.20. The molecule has 1 heterocycles. The van der Waals surface area contributed by atoms with E-state index in [2.05, 4.69) is 11.1 Å². The van der Waals surface area contributed by atoms with Crippen LogP contribution in [0, 0.1) is 13.8 Å². The molecule has 0 radical (unpaired) electrons. The third kappa shape index (κ3) is 1.63. The Balaban J connectivity index is 2.64. The van der Waals surface area contributed by atoms with Gasteiger partial charge < -0.3 is 10.7 Å². The lowest BCUT2D eigenvalue weighted by Gasteiger charge is -2.02. The molecule has 0 saturated carbocycles. The van der Waals surface area contributed by atoms with Gasteiger partial charge in [0.1, 0.15) is 0 Å². The number of ketones is 1. The zero-order valence-electron chi connectivity index (χ0n) is 9.63. The van der Waals surface area contributed by atoms with Crippen molar-refractivity contribution in [3.63, 3.8) is 0 Å². The van der Waals surface area contributed by atoms with E-state index < -0.39 is 0 Å². The first-order valence-electron chi connectivity index (χ1n) is 5.45. The monoisotopic (exact) mass is 216 g/mol. The van der Waals surface area contributed by atoms with Crippen LogP contribution in [0.2, 0.25) is 0 Å². The molecule has 3 heteroatoms. The summed E-state index contributed by atoms with van der Waals surface area (Å²) >= 11 is 0. The number of nitrogens with two attached hydrogens (primary N) is 1. The van der Waals surface area contributed by atoms with Gasteiger partial charge in [0.2, 0.25) is 0 Å². The second kappa shape index (κ2) is 4.10. The summed E-state index contributed by atoms with van der Waals surface area (Å²) in [5, 5.41) is 1.04. The van der Waals surface area contributed by atoms with E-state index in [-0.39, 0.29) is 5.78 Å². The highest BCUT2D eigenvalue weighted by molar-refractivity contribution is 6.09. The summed E-state index contributed by atoms with van der Waals surface area (Å²) < 4.78 is 0. The van der Waals surface area contributed by atoms with Gasteiger partial charge in [0.15, 0.2) is 5.78 Å². The number of aromatic amines is 1. The first-order valence-corrected chi connectivity index (χ1v) is 5.45. The average Bonchev–Trinajstić information content (AvgIpc) is 2.69. The van der Waals surface area contributed by atoms with Crippen LogP contribution in [0.1, 0.15) is 27.9 Å². The summed E-state index contributed by atoms with van der Waals surface area (Å²) in [5.41, 5.74) is 9.52. The molecule has 0 spiro atoms. The number of benzene rings is 1.